The Labute approximate surface area is 157 Å². The number of ether oxygens (including phenoxy) is 1. The standard InChI is InChI=1S/C23H29NO2/c1-17(2)16-20(22(25)26-23(3,4)5)24-21(18-12-8-6-9-13-18)19-14-10-7-11-15-19/h6-15,17,20H,16H2,1-5H3/t20-/m0/s1. The van der Waals surface area contributed by atoms with Gasteiger partial charge in [-0.2, -0.15) is 0 Å². The van der Waals surface area contributed by atoms with Crippen molar-refractivity contribution in [2.24, 2.45) is 10.9 Å². The van der Waals surface area contributed by atoms with Crippen LogP contribution in [-0.4, -0.2) is 23.3 Å². The lowest BCUT2D eigenvalue weighted by Crippen LogP contribution is -2.32. The summed E-state index contributed by atoms with van der Waals surface area (Å²) in [5.74, 6) is 0.0691. The molecule has 138 valence electrons. The van der Waals surface area contributed by atoms with Gasteiger partial charge in [-0.15, -0.1) is 0 Å². The highest BCUT2D eigenvalue weighted by molar-refractivity contribution is 6.13. The molecule has 0 amide bonds. The Morgan fingerprint density at radius 1 is 0.923 bits per heavy atom. The molecular formula is C23H29NO2. The molecule has 3 heteroatoms. The van der Waals surface area contributed by atoms with Crippen molar-refractivity contribution in [3.63, 3.8) is 0 Å². The van der Waals surface area contributed by atoms with Crippen molar-refractivity contribution in [3.8, 4) is 0 Å². The van der Waals surface area contributed by atoms with Gasteiger partial charge in [0.05, 0.1) is 5.71 Å². The van der Waals surface area contributed by atoms with Gasteiger partial charge in [-0.1, -0.05) is 74.5 Å². The van der Waals surface area contributed by atoms with Gasteiger partial charge in [-0.3, -0.25) is 4.99 Å². The van der Waals surface area contributed by atoms with E-state index in [1.807, 2.05) is 81.4 Å². The summed E-state index contributed by atoms with van der Waals surface area (Å²) in [7, 11) is 0. The average molecular weight is 351 g/mol. The van der Waals surface area contributed by atoms with Crippen LogP contribution in [0.1, 0.15) is 52.2 Å². The molecule has 0 radical (unpaired) electrons. The lowest BCUT2D eigenvalue weighted by Gasteiger charge is -2.24. The van der Waals surface area contributed by atoms with Gasteiger partial charge < -0.3 is 4.74 Å². The lowest BCUT2D eigenvalue weighted by atomic mass is 10.00. The fourth-order valence-electron chi connectivity index (χ4n) is 2.68. The molecule has 0 N–H and O–H groups in total. The molecule has 0 saturated heterocycles. The van der Waals surface area contributed by atoms with Gasteiger partial charge in [0, 0.05) is 11.1 Å². The van der Waals surface area contributed by atoms with Crippen molar-refractivity contribution in [3.05, 3.63) is 71.8 Å². The maximum Gasteiger partial charge on any atom is 0.331 e. The zero-order chi connectivity index (χ0) is 19.2. The fraction of sp³-hybridized carbons (Fsp3) is 0.391. The number of nitrogens with zero attached hydrogens (tertiary/aromatic N) is 1. The summed E-state index contributed by atoms with van der Waals surface area (Å²) >= 11 is 0. The predicted octanol–water partition coefficient (Wildman–Crippen LogP) is 5.28. The average Bonchev–Trinajstić information content (AvgIpc) is 2.58. The van der Waals surface area contributed by atoms with Crippen LogP contribution in [0.2, 0.25) is 0 Å². The van der Waals surface area contributed by atoms with E-state index >= 15 is 0 Å². The van der Waals surface area contributed by atoms with Crippen LogP contribution in [0.15, 0.2) is 65.7 Å². The van der Waals surface area contributed by atoms with Crippen molar-refractivity contribution in [2.75, 3.05) is 0 Å². The highest BCUT2D eigenvalue weighted by Crippen LogP contribution is 2.19. The van der Waals surface area contributed by atoms with Crippen molar-refractivity contribution in [2.45, 2.75) is 52.7 Å². The van der Waals surface area contributed by atoms with E-state index in [0.29, 0.717) is 12.3 Å². The Kier molecular flexibility index (Phi) is 6.73. The van der Waals surface area contributed by atoms with E-state index in [4.69, 9.17) is 9.73 Å². The van der Waals surface area contributed by atoms with E-state index in [1.165, 1.54) is 0 Å². The molecule has 0 heterocycles. The maximum atomic E-state index is 12.8. The quantitative estimate of drug-likeness (QED) is 0.524. The second-order valence-corrected chi connectivity index (χ2v) is 7.89. The van der Waals surface area contributed by atoms with Crippen LogP contribution >= 0.6 is 0 Å². The number of esters is 1. The van der Waals surface area contributed by atoms with Gasteiger partial charge in [-0.05, 0) is 33.1 Å². The zero-order valence-corrected chi connectivity index (χ0v) is 16.4. The van der Waals surface area contributed by atoms with Crippen molar-refractivity contribution < 1.29 is 9.53 Å². The van der Waals surface area contributed by atoms with Crippen LogP contribution in [0.3, 0.4) is 0 Å². The Morgan fingerprint density at radius 3 is 1.77 bits per heavy atom. The fourth-order valence-corrected chi connectivity index (χ4v) is 2.68. The number of benzene rings is 2. The first kappa shape index (κ1) is 19.9. The number of hydrogen-bond acceptors (Lipinski definition) is 3. The Balaban J connectivity index is 2.47. The number of carbonyl (C=O) groups is 1. The van der Waals surface area contributed by atoms with Crippen LogP contribution in [0, 0.1) is 5.92 Å². The smallest absolute Gasteiger partial charge is 0.331 e. The zero-order valence-electron chi connectivity index (χ0n) is 16.4. The van der Waals surface area contributed by atoms with Gasteiger partial charge >= 0.3 is 5.97 Å². The molecular weight excluding hydrogens is 322 g/mol. The SMILES string of the molecule is CC(C)C[C@H](N=C(c1ccccc1)c1ccccc1)C(=O)OC(C)(C)C. The normalized spacial score (nSPS) is 12.5. The van der Waals surface area contributed by atoms with Crippen LogP contribution < -0.4 is 0 Å². The molecule has 2 aromatic rings. The number of hydrogen-bond donors (Lipinski definition) is 0. The minimum absolute atomic E-state index is 0.268. The molecule has 0 unspecified atom stereocenters. The highest BCUT2D eigenvalue weighted by atomic mass is 16.6. The van der Waals surface area contributed by atoms with Gasteiger partial charge in [0.25, 0.3) is 0 Å². The Bertz CT molecular complexity index is 686. The Hall–Kier alpha value is -2.42. The summed E-state index contributed by atoms with van der Waals surface area (Å²) < 4.78 is 5.63. The third-order valence-electron chi connectivity index (χ3n) is 3.75. The molecule has 0 saturated carbocycles. The molecule has 0 aliphatic heterocycles. The van der Waals surface area contributed by atoms with Crippen molar-refractivity contribution in [1.29, 1.82) is 0 Å². The van der Waals surface area contributed by atoms with Gasteiger partial charge in [0.15, 0.2) is 0 Å². The molecule has 2 aromatic carbocycles. The first-order valence-corrected chi connectivity index (χ1v) is 9.18. The molecule has 1 atom stereocenters. The first-order valence-electron chi connectivity index (χ1n) is 9.18. The molecule has 2 rings (SSSR count). The predicted molar refractivity (Wildman–Crippen MR) is 108 cm³/mol. The summed E-state index contributed by atoms with van der Waals surface area (Å²) in [5, 5.41) is 0. The van der Waals surface area contributed by atoms with Crippen molar-refractivity contribution in [1.82, 2.24) is 0 Å². The van der Waals surface area contributed by atoms with Crippen LogP contribution in [0.4, 0.5) is 0 Å². The molecule has 0 aromatic heterocycles. The van der Waals surface area contributed by atoms with E-state index < -0.39 is 11.6 Å². The topological polar surface area (TPSA) is 38.7 Å². The third kappa shape index (κ3) is 6.14. The van der Waals surface area contributed by atoms with Crippen molar-refractivity contribution >= 4 is 11.7 Å². The molecule has 0 fully saturated rings. The molecule has 3 nitrogen and oxygen atoms in total. The Morgan fingerprint density at radius 2 is 1.38 bits per heavy atom. The molecule has 26 heavy (non-hydrogen) atoms. The van der Waals surface area contributed by atoms with E-state index in [1.54, 1.807) is 0 Å². The second-order valence-electron chi connectivity index (χ2n) is 7.89. The summed E-state index contributed by atoms with van der Waals surface area (Å²) in [6.45, 7) is 9.85. The number of rotatable bonds is 6. The maximum absolute atomic E-state index is 12.8. The van der Waals surface area contributed by atoms with Crippen LogP contribution in [0.25, 0.3) is 0 Å². The first-order chi connectivity index (χ1) is 12.3. The van der Waals surface area contributed by atoms with Gasteiger partial charge in [-0.25, -0.2) is 4.79 Å². The summed E-state index contributed by atoms with van der Waals surface area (Å²) in [6.07, 6.45) is 0.651. The number of carbonyl (C=O) groups excluding carboxylic acids is 1. The van der Waals surface area contributed by atoms with E-state index in [-0.39, 0.29) is 5.97 Å². The summed E-state index contributed by atoms with van der Waals surface area (Å²) in [4.78, 5) is 17.6. The lowest BCUT2D eigenvalue weighted by molar-refractivity contribution is -0.156. The van der Waals surface area contributed by atoms with E-state index in [0.717, 1.165) is 16.8 Å². The molecule has 0 bridgehead atoms. The van der Waals surface area contributed by atoms with Crippen LogP contribution in [0.5, 0.6) is 0 Å². The minimum Gasteiger partial charge on any atom is -0.458 e. The van der Waals surface area contributed by atoms with Crippen LogP contribution in [-0.2, 0) is 9.53 Å². The highest BCUT2D eigenvalue weighted by Gasteiger charge is 2.26. The van der Waals surface area contributed by atoms with Gasteiger partial charge in [0.1, 0.15) is 11.6 Å². The van der Waals surface area contributed by atoms with E-state index in [2.05, 4.69) is 13.8 Å². The molecule has 0 aliphatic rings. The summed E-state index contributed by atoms with van der Waals surface area (Å²) in [6, 6.07) is 19.5. The third-order valence-corrected chi connectivity index (χ3v) is 3.75. The van der Waals surface area contributed by atoms with E-state index in [9.17, 15) is 4.79 Å². The largest absolute Gasteiger partial charge is 0.458 e. The van der Waals surface area contributed by atoms with Gasteiger partial charge in [0.2, 0.25) is 0 Å². The summed E-state index contributed by atoms with van der Waals surface area (Å²) in [5.41, 5.74) is 2.29. The minimum atomic E-state index is -0.526. The molecule has 0 spiro atoms. The molecule has 0 aliphatic carbocycles. The second kappa shape index (κ2) is 8.79. The number of aliphatic imine (C=N–C) groups is 1. The monoisotopic (exact) mass is 351 g/mol.